The normalized spacial score (nSPS) is 10.3. The number of thiazole rings is 1. The van der Waals surface area contributed by atoms with Gasteiger partial charge in [0.05, 0.1) is 0 Å². The summed E-state index contributed by atoms with van der Waals surface area (Å²) in [6, 6.07) is 0. The highest BCUT2D eigenvalue weighted by molar-refractivity contribution is 7.18. The number of nitrogens with one attached hydrogen (secondary N) is 2. The molecule has 4 N–H and O–H groups in total. The third kappa shape index (κ3) is 2.62. The van der Waals surface area contributed by atoms with Crippen LogP contribution in [0.15, 0.2) is 10.8 Å². The third-order valence-electron chi connectivity index (χ3n) is 2.47. The topological polar surface area (TPSA) is 80.0 Å². The summed E-state index contributed by atoms with van der Waals surface area (Å²) in [6.45, 7) is 2.54. The molecule has 0 aliphatic carbocycles. The Labute approximate surface area is 113 Å². The fourth-order valence-corrected chi connectivity index (χ4v) is 3.04. The van der Waals surface area contributed by atoms with E-state index in [1.165, 1.54) is 16.9 Å². The van der Waals surface area contributed by atoms with Crippen LogP contribution in [0.5, 0.6) is 0 Å². The van der Waals surface area contributed by atoms with Crippen molar-refractivity contribution in [2.24, 2.45) is 0 Å². The molecule has 2 aromatic rings. The predicted octanol–water partition coefficient (Wildman–Crippen LogP) is 2.07. The molecule has 1 amide bonds. The molecule has 0 aromatic carbocycles. The van der Waals surface area contributed by atoms with Gasteiger partial charge in [-0.25, -0.2) is 4.98 Å². The number of hydrogen-bond acceptors (Lipinski definition) is 6. The second-order valence-corrected chi connectivity index (χ2v) is 5.49. The molecule has 7 heteroatoms. The lowest BCUT2D eigenvalue weighted by Gasteiger charge is -2.03. The van der Waals surface area contributed by atoms with Crippen LogP contribution in [0.3, 0.4) is 0 Å². The molecule has 0 spiro atoms. The Morgan fingerprint density at radius 1 is 1.50 bits per heavy atom. The molecule has 2 heterocycles. The molecule has 96 valence electrons. The number of hydrogen-bond donors (Lipinski definition) is 3. The molecule has 0 unspecified atom stereocenters. The summed E-state index contributed by atoms with van der Waals surface area (Å²) >= 11 is 2.88. The highest BCUT2D eigenvalue weighted by Gasteiger charge is 2.15. The average Bonchev–Trinajstić information content (AvgIpc) is 2.92. The summed E-state index contributed by atoms with van der Waals surface area (Å²) in [5, 5.41) is 10.5. The van der Waals surface area contributed by atoms with Gasteiger partial charge >= 0.3 is 0 Å². The molecule has 0 saturated heterocycles. The van der Waals surface area contributed by atoms with Crippen molar-refractivity contribution >= 4 is 39.5 Å². The third-order valence-corrected chi connectivity index (χ3v) is 4.47. The van der Waals surface area contributed by atoms with Crippen molar-refractivity contribution in [1.29, 1.82) is 0 Å². The number of nitrogen functional groups attached to an aromatic ring is 1. The Morgan fingerprint density at radius 3 is 2.83 bits per heavy atom. The minimum absolute atomic E-state index is 0.183. The highest BCUT2D eigenvalue weighted by atomic mass is 32.1. The second-order valence-electron chi connectivity index (χ2n) is 3.75. The first-order valence-electron chi connectivity index (χ1n) is 5.35. The predicted molar refractivity (Wildman–Crippen MR) is 76.3 cm³/mol. The molecule has 0 bridgehead atoms. The fourth-order valence-electron chi connectivity index (χ4n) is 1.43. The Bertz CT molecular complexity index is 561. The molecule has 0 saturated carbocycles. The maximum absolute atomic E-state index is 12.0. The van der Waals surface area contributed by atoms with Crippen molar-refractivity contribution in [2.75, 3.05) is 18.1 Å². The zero-order chi connectivity index (χ0) is 13.1. The number of amides is 1. The number of rotatable bonds is 4. The van der Waals surface area contributed by atoms with Gasteiger partial charge in [-0.2, -0.15) is 11.3 Å². The summed E-state index contributed by atoms with van der Waals surface area (Å²) in [5.41, 5.74) is 8.02. The van der Waals surface area contributed by atoms with Gasteiger partial charge < -0.3 is 16.4 Å². The Kier molecular flexibility index (Phi) is 3.83. The highest BCUT2D eigenvalue weighted by Crippen LogP contribution is 2.24. The van der Waals surface area contributed by atoms with Gasteiger partial charge in [-0.15, -0.1) is 0 Å². The van der Waals surface area contributed by atoms with Crippen molar-refractivity contribution in [3.8, 4) is 0 Å². The van der Waals surface area contributed by atoms with Crippen molar-refractivity contribution in [3.05, 3.63) is 26.8 Å². The lowest BCUT2D eigenvalue weighted by atomic mass is 10.2. The zero-order valence-electron chi connectivity index (χ0n) is 10.1. The van der Waals surface area contributed by atoms with E-state index in [9.17, 15) is 4.79 Å². The molecule has 2 aromatic heterocycles. The van der Waals surface area contributed by atoms with Gasteiger partial charge in [0.1, 0.15) is 10.7 Å². The van der Waals surface area contributed by atoms with Crippen molar-refractivity contribution in [2.45, 2.75) is 13.5 Å². The summed E-state index contributed by atoms with van der Waals surface area (Å²) in [6.07, 6.45) is 0. The molecule has 0 aliphatic rings. The van der Waals surface area contributed by atoms with Crippen LogP contribution in [0.25, 0.3) is 0 Å². The van der Waals surface area contributed by atoms with E-state index in [1.807, 2.05) is 12.3 Å². The summed E-state index contributed by atoms with van der Waals surface area (Å²) in [5.74, 6) is 0.0843. The van der Waals surface area contributed by atoms with Crippen LogP contribution < -0.4 is 16.4 Å². The largest absolute Gasteiger partial charge is 0.382 e. The standard InChI is InChI=1S/C11H14N4OS2/c1-6-4-17-5-7(6)3-14-10(16)8-9(12)15-11(13-2)18-8/h4-5H,3,12H2,1-2H3,(H,13,15)(H,14,16). The Balaban J connectivity index is 2.03. The van der Waals surface area contributed by atoms with Crippen LogP contribution in [0.2, 0.25) is 0 Å². The lowest BCUT2D eigenvalue weighted by Crippen LogP contribution is -2.22. The maximum Gasteiger partial charge on any atom is 0.265 e. The van der Waals surface area contributed by atoms with Crippen molar-refractivity contribution in [1.82, 2.24) is 10.3 Å². The van der Waals surface area contributed by atoms with Gasteiger partial charge in [-0.3, -0.25) is 4.79 Å². The summed E-state index contributed by atoms with van der Waals surface area (Å²) in [4.78, 5) is 16.4. The van der Waals surface area contributed by atoms with Crippen LogP contribution in [0.4, 0.5) is 10.9 Å². The smallest absolute Gasteiger partial charge is 0.265 e. The maximum atomic E-state index is 12.0. The van der Waals surface area contributed by atoms with Crippen LogP contribution in [-0.4, -0.2) is 17.9 Å². The number of nitrogens with zero attached hydrogens (tertiary/aromatic N) is 1. The van der Waals surface area contributed by atoms with E-state index in [0.717, 1.165) is 5.56 Å². The first-order chi connectivity index (χ1) is 8.61. The molecule has 5 nitrogen and oxygen atoms in total. The van der Waals surface area contributed by atoms with Crippen LogP contribution >= 0.6 is 22.7 Å². The minimum atomic E-state index is -0.183. The van der Waals surface area contributed by atoms with E-state index in [2.05, 4.69) is 21.0 Å². The number of aryl methyl sites for hydroxylation is 1. The van der Waals surface area contributed by atoms with E-state index in [4.69, 9.17) is 5.73 Å². The van der Waals surface area contributed by atoms with Crippen LogP contribution in [0, 0.1) is 6.92 Å². The first-order valence-corrected chi connectivity index (χ1v) is 7.11. The average molecular weight is 282 g/mol. The van der Waals surface area contributed by atoms with Crippen molar-refractivity contribution in [3.63, 3.8) is 0 Å². The number of nitrogens with two attached hydrogens (primary N) is 1. The molecule has 18 heavy (non-hydrogen) atoms. The van der Waals surface area contributed by atoms with Gasteiger partial charge in [0, 0.05) is 13.6 Å². The fraction of sp³-hybridized carbons (Fsp3) is 0.273. The number of carbonyl (C=O) groups excluding carboxylic acids is 1. The van der Waals surface area contributed by atoms with E-state index in [0.29, 0.717) is 16.6 Å². The van der Waals surface area contributed by atoms with Gasteiger partial charge in [-0.1, -0.05) is 11.3 Å². The van der Waals surface area contributed by atoms with Gasteiger partial charge in [0.15, 0.2) is 5.13 Å². The molecule has 0 radical (unpaired) electrons. The SMILES string of the molecule is CNc1nc(N)c(C(=O)NCc2cscc2C)s1. The molecule has 2 rings (SSSR count). The molecular formula is C11H14N4OS2. The summed E-state index contributed by atoms with van der Waals surface area (Å²) in [7, 11) is 1.74. The molecule has 0 aliphatic heterocycles. The second kappa shape index (κ2) is 5.36. The van der Waals surface area contributed by atoms with Gasteiger partial charge in [0.2, 0.25) is 0 Å². The van der Waals surface area contributed by atoms with E-state index >= 15 is 0 Å². The van der Waals surface area contributed by atoms with Crippen LogP contribution in [-0.2, 0) is 6.54 Å². The number of carbonyl (C=O) groups is 1. The summed E-state index contributed by atoms with van der Waals surface area (Å²) < 4.78 is 0. The zero-order valence-corrected chi connectivity index (χ0v) is 11.7. The van der Waals surface area contributed by atoms with Crippen molar-refractivity contribution < 1.29 is 4.79 Å². The Hall–Kier alpha value is -1.60. The monoisotopic (exact) mass is 282 g/mol. The molecule has 0 fully saturated rings. The van der Waals surface area contributed by atoms with Gasteiger partial charge in [-0.05, 0) is 28.8 Å². The Morgan fingerprint density at radius 2 is 2.28 bits per heavy atom. The number of anilines is 2. The minimum Gasteiger partial charge on any atom is -0.382 e. The quantitative estimate of drug-likeness (QED) is 0.802. The molecule has 0 atom stereocenters. The molecular weight excluding hydrogens is 268 g/mol. The van der Waals surface area contributed by atoms with Gasteiger partial charge in [0.25, 0.3) is 5.91 Å². The van der Waals surface area contributed by atoms with E-state index < -0.39 is 0 Å². The lowest BCUT2D eigenvalue weighted by molar-refractivity contribution is 0.0955. The van der Waals surface area contributed by atoms with E-state index in [1.54, 1.807) is 18.4 Å². The number of thiophene rings is 1. The first kappa shape index (κ1) is 12.8. The van der Waals surface area contributed by atoms with Crippen LogP contribution in [0.1, 0.15) is 20.8 Å². The number of aromatic nitrogens is 1. The van der Waals surface area contributed by atoms with E-state index in [-0.39, 0.29) is 11.7 Å².